The molecule has 0 bridgehead atoms. The average molecular weight is 173 g/mol. The molecule has 0 aliphatic carbocycles. The van der Waals surface area contributed by atoms with Gasteiger partial charge in [-0.25, -0.2) is 0 Å². The summed E-state index contributed by atoms with van der Waals surface area (Å²) in [6.07, 6.45) is 1.11. The van der Waals surface area contributed by atoms with Crippen LogP contribution < -0.4 is 11.1 Å². The highest BCUT2D eigenvalue weighted by molar-refractivity contribution is 5.53. The van der Waals surface area contributed by atoms with E-state index in [1.807, 2.05) is 6.07 Å². The molecule has 0 aromatic heterocycles. The minimum atomic E-state index is 0.355. The summed E-state index contributed by atoms with van der Waals surface area (Å²) in [6, 6.07) is 7.88. The van der Waals surface area contributed by atoms with Crippen molar-refractivity contribution in [1.29, 1.82) is 5.26 Å². The molecule has 0 radical (unpaired) electrons. The molecule has 0 spiro atoms. The molecular weight excluding hydrogens is 162 g/mol. The van der Waals surface area contributed by atoms with Crippen molar-refractivity contribution in [1.82, 2.24) is 5.32 Å². The highest BCUT2D eigenvalue weighted by Gasteiger charge is 2.20. The van der Waals surface area contributed by atoms with Crippen molar-refractivity contribution in [2.24, 2.45) is 0 Å². The van der Waals surface area contributed by atoms with Gasteiger partial charge in [0.1, 0.15) is 0 Å². The normalized spacial score (nSPS) is 20.4. The maximum Gasteiger partial charge on any atom is 0.0991 e. The van der Waals surface area contributed by atoms with Crippen LogP contribution in [-0.4, -0.2) is 6.54 Å². The zero-order valence-electron chi connectivity index (χ0n) is 7.25. The Morgan fingerprint density at radius 3 is 2.85 bits per heavy atom. The summed E-state index contributed by atoms with van der Waals surface area (Å²) in [5.74, 6) is 0. The Balaban J connectivity index is 2.37. The van der Waals surface area contributed by atoms with Crippen LogP contribution in [-0.2, 0) is 0 Å². The van der Waals surface area contributed by atoms with Crippen LogP contribution in [0.5, 0.6) is 0 Å². The van der Waals surface area contributed by atoms with Gasteiger partial charge in [0.2, 0.25) is 0 Å². The molecule has 1 fully saturated rings. The molecule has 1 aliphatic heterocycles. The van der Waals surface area contributed by atoms with Crippen LogP contribution in [0.15, 0.2) is 18.2 Å². The van der Waals surface area contributed by atoms with Crippen LogP contribution in [0.2, 0.25) is 0 Å². The number of nitrogens with two attached hydrogens (primary N) is 1. The number of nitriles is 1. The number of nitrogens with zero attached hydrogens (tertiary/aromatic N) is 1. The Hall–Kier alpha value is -1.53. The lowest BCUT2D eigenvalue weighted by molar-refractivity contribution is 0.384. The standard InChI is InChI=1S/C10H11N3/c11-6-7-1-2-9(12)8(5-7)10-3-4-13-10/h1-2,5,10,13H,3-4,12H2/t10-/m1/s1. The molecule has 1 saturated heterocycles. The van der Waals surface area contributed by atoms with Crippen molar-refractivity contribution in [3.8, 4) is 6.07 Å². The number of benzene rings is 1. The minimum Gasteiger partial charge on any atom is -0.398 e. The second-order valence-corrected chi connectivity index (χ2v) is 3.25. The van der Waals surface area contributed by atoms with Crippen molar-refractivity contribution in [3.05, 3.63) is 29.3 Å². The number of rotatable bonds is 1. The molecule has 0 unspecified atom stereocenters. The van der Waals surface area contributed by atoms with Gasteiger partial charge in [-0.2, -0.15) is 5.26 Å². The lowest BCUT2D eigenvalue weighted by Gasteiger charge is -2.29. The molecule has 3 N–H and O–H groups in total. The van der Waals surface area contributed by atoms with Gasteiger partial charge >= 0.3 is 0 Å². The quantitative estimate of drug-likeness (QED) is 0.627. The molecule has 1 atom stereocenters. The molecule has 3 nitrogen and oxygen atoms in total. The molecule has 1 aromatic rings. The van der Waals surface area contributed by atoms with Crippen molar-refractivity contribution < 1.29 is 0 Å². The fraction of sp³-hybridized carbons (Fsp3) is 0.300. The second kappa shape index (κ2) is 3.08. The van der Waals surface area contributed by atoms with E-state index < -0.39 is 0 Å². The zero-order chi connectivity index (χ0) is 9.26. The van der Waals surface area contributed by atoms with Crippen LogP contribution in [0.3, 0.4) is 0 Å². The third kappa shape index (κ3) is 1.36. The molecule has 2 rings (SSSR count). The summed E-state index contributed by atoms with van der Waals surface area (Å²) in [7, 11) is 0. The maximum atomic E-state index is 8.71. The lowest BCUT2D eigenvalue weighted by Crippen LogP contribution is -2.35. The van der Waals surface area contributed by atoms with Gasteiger partial charge in [0.15, 0.2) is 0 Å². The summed E-state index contributed by atoms with van der Waals surface area (Å²) in [4.78, 5) is 0. The topological polar surface area (TPSA) is 61.8 Å². The van der Waals surface area contributed by atoms with Crippen LogP contribution in [0, 0.1) is 11.3 Å². The van der Waals surface area contributed by atoms with Crippen molar-refractivity contribution in [2.45, 2.75) is 12.5 Å². The van der Waals surface area contributed by atoms with E-state index in [4.69, 9.17) is 11.0 Å². The van der Waals surface area contributed by atoms with Gasteiger partial charge in [0.05, 0.1) is 11.6 Å². The van der Waals surface area contributed by atoms with E-state index in [-0.39, 0.29) is 0 Å². The first kappa shape index (κ1) is 8.09. The summed E-state index contributed by atoms with van der Waals surface area (Å²) < 4.78 is 0. The predicted octanol–water partition coefficient (Wildman–Crippen LogP) is 1.17. The molecule has 3 heteroatoms. The molecule has 13 heavy (non-hydrogen) atoms. The number of hydrogen-bond acceptors (Lipinski definition) is 3. The number of nitrogen functional groups attached to an aromatic ring is 1. The largest absolute Gasteiger partial charge is 0.398 e. The summed E-state index contributed by atoms with van der Waals surface area (Å²) in [6.45, 7) is 1.04. The van der Waals surface area contributed by atoms with E-state index >= 15 is 0 Å². The summed E-state index contributed by atoms with van der Waals surface area (Å²) >= 11 is 0. The van der Waals surface area contributed by atoms with E-state index in [9.17, 15) is 0 Å². The first-order valence-electron chi connectivity index (χ1n) is 4.34. The van der Waals surface area contributed by atoms with Crippen LogP contribution in [0.4, 0.5) is 5.69 Å². The fourth-order valence-corrected chi connectivity index (χ4v) is 1.50. The van der Waals surface area contributed by atoms with Crippen LogP contribution in [0.1, 0.15) is 23.6 Å². The van der Waals surface area contributed by atoms with E-state index in [1.165, 1.54) is 0 Å². The molecule has 1 heterocycles. The molecule has 1 aromatic carbocycles. The van der Waals surface area contributed by atoms with Crippen molar-refractivity contribution in [3.63, 3.8) is 0 Å². The molecular formula is C10H11N3. The second-order valence-electron chi connectivity index (χ2n) is 3.25. The van der Waals surface area contributed by atoms with Gasteiger partial charge in [-0.1, -0.05) is 0 Å². The Labute approximate surface area is 77.2 Å². The SMILES string of the molecule is N#Cc1ccc(N)c([C@H]2CCN2)c1. The maximum absolute atomic E-state index is 8.71. The lowest BCUT2D eigenvalue weighted by atomic mass is 9.95. The number of anilines is 1. The first-order valence-corrected chi connectivity index (χ1v) is 4.34. The Morgan fingerprint density at radius 1 is 1.54 bits per heavy atom. The molecule has 0 amide bonds. The van der Waals surface area contributed by atoms with Gasteiger partial charge in [0.25, 0.3) is 0 Å². The van der Waals surface area contributed by atoms with Gasteiger partial charge in [-0.05, 0) is 36.7 Å². The summed E-state index contributed by atoms with van der Waals surface area (Å²) in [5.41, 5.74) is 8.32. The van der Waals surface area contributed by atoms with Gasteiger partial charge in [-0.3, -0.25) is 0 Å². The zero-order valence-corrected chi connectivity index (χ0v) is 7.25. The van der Waals surface area contributed by atoms with Crippen molar-refractivity contribution >= 4 is 5.69 Å². The molecule has 66 valence electrons. The van der Waals surface area contributed by atoms with Gasteiger partial charge in [0, 0.05) is 11.7 Å². The number of nitrogens with one attached hydrogen (secondary N) is 1. The third-order valence-electron chi connectivity index (χ3n) is 2.42. The van der Waals surface area contributed by atoms with Crippen LogP contribution in [0.25, 0.3) is 0 Å². The van der Waals surface area contributed by atoms with E-state index in [0.29, 0.717) is 11.6 Å². The molecule has 0 saturated carbocycles. The van der Waals surface area contributed by atoms with Gasteiger partial charge in [-0.15, -0.1) is 0 Å². The monoisotopic (exact) mass is 173 g/mol. The predicted molar refractivity (Wildman–Crippen MR) is 50.9 cm³/mol. The van der Waals surface area contributed by atoms with E-state index in [2.05, 4.69) is 11.4 Å². The Kier molecular flexibility index (Phi) is 1.91. The third-order valence-corrected chi connectivity index (χ3v) is 2.42. The smallest absolute Gasteiger partial charge is 0.0991 e. The fourth-order valence-electron chi connectivity index (χ4n) is 1.50. The van der Waals surface area contributed by atoms with Gasteiger partial charge < -0.3 is 11.1 Å². The van der Waals surface area contributed by atoms with Crippen LogP contribution >= 0.6 is 0 Å². The minimum absolute atomic E-state index is 0.355. The first-order chi connectivity index (χ1) is 6.31. The van der Waals surface area contributed by atoms with E-state index in [1.54, 1.807) is 12.1 Å². The Morgan fingerprint density at radius 2 is 2.31 bits per heavy atom. The van der Waals surface area contributed by atoms with E-state index in [0.717, 1.165) is 24.2 Å². The molecule has 1 aliphatic rings. The van der Waals surface area contributed by atoms with Crippen molar-refractivity contribution in [2.75, 3.05) is 12.3 Å². The average Bonchev–Trinajstić information content (AvgIpc) is 2.06. The highest BCUT2D eigenvalue weighted by atomic mass is 15.0. The Bertz CT molecular complexity index is 361. The number of hydrogen-bond donors (Lipinski definition) is 2. The summed E-state index contributed by atoms with van der Waals surface area (Å²) in [5, 5.41) is 12.0. The highest BCUT2D eigenvalue weighted by Crippen LogP contribution is 2.28.